The summed E-state index contributed by atoms with van der Waals surface area (Å²) in [5.41, 5.74) is -0.0169. The van der Waals surface area contributed by atoms with Crippen LogP contribution in [0.5, 0.6) is 0 Å². The number of halogens is 3. The first-order valence-corrected chi connectivity index (χ1v) is 5.61. The van der Waals surface area contributed by atoms with Crippen LogP contribution in [0.15, 0.2) is 24.3 Å². The molecule has 1 aliphatic rings. The average molecular weight is 289 g/mol. The highest BCUT2D eigenvalue weighted by Gasteiger charge is 2.52. The van der Waals surface area contributed by atoms with E-state index in [-0.39, 0.29) is 16.0 Å². The summed E-state index contributed by atoms with van der Waals surface area (Å²) < 4.78 is 38.8. The highest BCUT2D eigenvalue weighted by Crippen LogP contribution is 2.39. The number of rotatable bonds is 3. The van der Waals surface area contributed by atoms with Gasteiger partial charge < -0.3 is 10.2 Å². The van der Waals surface area contributed by atoms with Crippen molar-refractivity contribution < 1.29 is 33.0 Å². The summed E-state index contributed by atoms with van der Waals surface area (Å²) in [5, 5.41) is 18.4. The molecule has 0 fully saturated rings. The summed E-state index contributed by atoms with van der Waals surface area (Å²) in [6.45, 7) is 0. The van der Waals surface area contributed by atoms with E-state index in [0.29, 0.717) is 0 Å². The van der Waals surface area contributed by atoms with E-state index >= 15 is 0 Å². The minimum atomic E-state index is -4.95. The molecule has 2 N–H and O–H groups in total. The molecule has 0 bridgehead atoms. The largest absolute Gasteiger partial charge is 0.481 e. The second-order valence-electron chi connectivity index (χ2n) is 4.33. The van der Waals surface area contributed by atoms with Crippen LogP contribution in [0.2, 0.25) is 0 Å². The molecule has 5 nitrogen and oxygen atoms in total. The summed E-state index contributed by atoms with van der Waals surface area (Å²) in [4.78, 5) is 22.7. The van der Waals surface area contributed by atoms with Crippen molar-refractivity contribution in [3.8, 4) is 0 Å². The molecule has 0 spiro atoms. The molecular formula is C12H10F3NO4. The van der Waals surface area contributed by atoms with Gasteiger partial charge in [-0.1, -0.05) is 18.2 Å². The van der Waals surface area contributed by atoms with Crippen molar-refractivity contribution in [3.05, 3.63) is 35.4 Å². The topological polar surface area (TPSA) is 77.8 Å². The van der Waals surface area contributed by atoms with Crippen LogP contribution in [0, 0.1) is 0 Å². The van der Waals surface area contributed by atoms with E-state index < -0.39 is 36.7 Å². The first-order valence-electron chi connectivity index (χ1n) is 5.61. The molecule has 0 saturated heterocycles. The number of fused-ring (bicyclic) bond motifs is 1. The molecule has 1 amide bonds. The number of hydrogen-bond acceptors (Lipinski definition) is 3. The van der Waals surface area contributed by atoms with Gasteiger partial charge in [0.1, 0.15) is 6.04 Å². The predicted octanol–water partition coefficient (Wildman–Crippen LogP) is 1.54. The first-order chi connectivity index (χ1) is 9.23. The number of carboxylic acid groups (broad SMARTS) is 1. The fourth-order valence-electron chi connectivity index (χ4n) is 2.17. The van der Waals surface area contributed by atoms with Crippen molar-refractivity contribution in [3.63, 3.8) is 0 Å². The lowest BCUT2D eigenvalue weighted by atomic mass is 10.1. The van der Waals surface area contributed by atoms with Gasteiger partial charge in [0.15, 0.2) is 6.23 Å². The van der Waals surface area contributed by atoms with E-state index in [4.69, 9.17) is 5.11 Å². The summed E-state index contributed by atoms with van der Waals surface area (Å²) in [6, 6.07) is 2.96. The minimum Gasteiger partial charge on any atom is -0.481 e. The predicted molar refractivity (Wildman–Crippen MR) is 59.7 cm³/mol. The van der Waals surface area contributed by atoms with Gasteiger partial charge in [-0.05, 0) is 6.07 Å². The van der Waals surface area contributed by atoms with Crippen molar-refractivity contribution in [1.82, 2.24) is 4.90 Å². The smallest absolute Gasteiger partial charge is 0.409 e. The Morgan fingerprint density at radius 1 is 1.35 bits per heavy atom. The maximum atomic E-state index is 12.9. The normalized spacial score (nSPS) is 19.9. The molecule has 0 aliphatic carbocycles. The monoisotopic (exact) mass is 289 g/mol. The van der Waals surface area contributed by atoms with E-state index in [2.05, 4.69) is 0 Å². The molecule has 1 heterocycles. The SMILES string of the molecule is O=C(O)CC(N1C(=O)c2ccccc2C1O)C(F)(F)F. The summed E-state index contributed by atoms with van der Waals surface area (Å²) in [7, 11) is 0. The second kappa shape index (κ2) is 4.78. The van der Waals surface area contributed by atoms with Crippen LogP contribution >= 0.6 is 0 Å². The van der Waals surface area contributed by atoms with Gasteiger partial charge in [-0.25, -0.2) is 0 Å². The molecule has 20 heavy (non-hydrogen) atoms. The number of aliphatic hydroxyl groups is 1. The Balaban J connectivity index is 2.42. The van der Waals surface area contributed by atoms with Crippen molar-refractivity contribution in [1.29, 1.82) is 0 Å². The number of aliphatic hydroxyl groups excluding tert-OH is 1. The Hall–Kier alpha value is -2.09. The van der Waals surface area contributed by atoms with Gasteiger partial charge in [-0.2, -0.15) is 13.2 Å². The Kier molecular flexibility index (Phi) is 3.43. The zero-order valence-electron chi connectivity index (χ0n) is 9.96. The van der Waals surface area contributed by atoms with E-state index in [1.54, 1.807) is 0 Å². The number of benzene rings is 1. The van der Waals surface area contributed by atoms with Crippen LogP contribution in [0.1, 0.15) is 28.6 Å². The van der Waals surface area contributed by atoms with Gasteiger partial charge in [0.05, 0.1) is 6.42 Å². The van der Waals surface area contributed by atoms with Gasteiger partial charge in [-0.3, -0.25) is 14.5 Å². The maximum Gasteiger partial charge on any atom is 0.409 e. The number of carbonyl (C=O) groups excluding carboxylic acids is 1. The summed E-state index contributed by atoms with van der Waals surface area (Å²) >= 11 is 0. The molecule has 108 valence electrons. The highest BCUT2D eigenvalue weighted by atomic mass is 19.4. The van der Waals surface area contributed by atoms with Crippen LogP contribution in [-0.2, 0) is 4.79 Å². The van der Waals surface area contributed by atoms with Crippen LogP contribution in [0.3, 0.4) is 0 Å². The third-order valence-corrected chi connectivity index (χ3v) is 3.05. The van der Waals surface area contributed by atoms with Crippen LogP contribution in [-0.4, -0.2) is 39.2 Å². The van der Waals surface area contributed by atoms with Crippen molar-refractivity contribution in [2.45, 2.75) is 24.9 Å². The van der Waals surface area contributed by atoms with E-state index in [9.17, 15) is 27.9 Å². The number of alkyl halides is 3. The Morgan fingerprint density at radius 3 is 2.45 bits per heavy atom. The molecule has 0 saturated carbocycles. The molecular weight excluding hydrogens is 279 g/mol. The summed E-state index contributed by atoms with van der Waals surface area (Å²) in [5.74, 6) is -2.74. The standard InChI is InChI=1S/C12H10F3NO4/c13-12(14,15)8(5-9(17)18)16-10(19)6-3-1-2-4-7(6)11(16)20/h1-4,8,10,19H,5H2,(H,17,18). The molecule has 1 aromatic carbocycles. The van der Waals surface area contributed by atoms with E-state index in [1.165, 1.54) is 24.3 Å². The van der Waals surface area contributed by atoms with Crippen molar-refractivity contribution >= 4 is 11.9 Å². The van der Waals surface area contributed by atoms with E-state index in [0.717, 1.165) is 0 Å². The molecule has 1 aromatic rings. The molecule has 0 aromatic heterocycles. The van der Waals surface area contributed by atoms with Crippen LogP contribution < -0.4 is 0 Å². The number of aliphatic carboxylic acids is 1. The van der Waals surface area contributed by atoms with Gasteiger partial charge in [0.2, 0.25) is 0 Å². The van der Waals surface area contributed by atoms with Gasteiger partial charge in [-0.15, -0.1) is 0 Å². The zero-order chi connectivity index (χ0) is 15.1. The lowest BCUT2D eigenvalue weighted by Crippen LogP contribution is -2.48. The van der Waals surface area contributed by atoms with Gasteiger partial charge >= 0.3 is 12.1 Å². The summed E-state index contributed by atoms with van der Waals surface area (Å²) in [6.07, 6.45) is -8.07. The lowest BCUT2D eigenvalue weighted by molar-refractivity contribution is -0.198. The molecule has 2 rings (SSSR count). The fraction of sp³-hybridized carbons (Fsp3) is 0.333. The number of nitrogens with zero attached hydrogens (tertiary/aromatic N) is 1. The van der Waals surface area contributed by atoms with Crippen LogP contribution in [0.4, 0.5) is 13.2 Å². The third kappa shape index (κ3) is 2.34. The highest BCUT2D eigenvalue weighted by molar-refractivity contribution is 5.99. The zero-order valence-corrected chi connectivity index (χ0v) is 9.96. The Morgan fingerprint density at radius 2 is 1.95 bits per heavy atom. The average Bonchev–Trinajstić information content (AvgIpc) is 2.59. The second-order valence-corrected chi connectivity index (χ2v) is 4.33. The maximum absolute atomic E-state index is 12.9. The van der Waals surface area contributed by atoms with Crippen LogP contribution in [0.25, 0.3) is 0 Å². The van der Waals surface area contributed by atoms with Gasteiger partial charge in [0.25, 0.3) is 5.91 Å². The fourth-order valence-corrected chi connectivity index (χ4v) is 2.17. The third-order valence-electron chi connectivity index (χ3n) is 3.05. The quantitative estimate of drug-likeness (QED) is 0.884. The van der Waals surface area contributed by atoms with Gasteiger partial charge in [0, 0.05) is 11.1 Å². The Labute approximate surface area is 111 Å². The van der Waals surface area contributed by atoms with Crippen molar-refractivity contribution in [2.75, 3.05) is 0 Å². The first kappa shape index (κ1) is 14.3. The molecule has 2 atom stereocenters. The molecule has 2 unspecified atom stereocenters. The number of carboxylic acids is 1. The minimum absolute atomic E-state index is 0.0390. The molecule has 1 aliphatic heterocycles. The van der Waals surface area contributed by atoms with Crippen molar-refractivity contribution in [2.24, 2.45) is 0 Å². The van der Waals surface area contributed by atoms with E-state index in [1.807, 2.05) is 0 Å². The molecule has 8 heteroatoms. The number of amides is 1. The number of hydrogen-bond donors (Lipinski definition) is 2. The molecule has 0 radical (unpaired) electrons. The lowest BCUT2D eigenvalue weighted by Gasteiger charge is -2.31. The number of carbonyl (C=O) groups is 2. The Bertz CT molecular complexity index is 558.